The highest BCUT2D eigenvalue weighted by Crippen LogP contribution is 2.28. The van der Waals surface area contributed by atoms with E-state index >= 15 is 0 Å². The number of rotatable bonds is 4. The van der Waals surface area contributed by atoms with Crippen LogP contribution in [0.4, 0.5) is 0 Å². The van der Waals surface area contributed by atoms with E-state index < -0.39 is 0 Å². The van der Waals surface area contributed by atoms with Crippen LogP contribution in [0.15, 0.2) is 30.3 Å². The molecule has 1 saturated carbocycles. The maximum Gasteiger partial charge on any atom is 0.237 e. The van der Waals surface area contributed by atoms with Gasteiger partial charge in [-0.25, -0.2) is 0 Å². The molecule has 0 unspecified atom stereocenters. The Hall–Kier alpha value is -2.14. The fourth-order valence-corrected chi connectivity index (χ4v) is 4.37. The van der Waals surface area contributed by atoms with Gasteiger partial charge in [0.2, 0.25) is 5.91 Å². The molecule has 138 valence electrons. The SMILES string of the molecule is Cc1c(CN2CCN(C3CCCC3)C(=O)C2)c(-c2ccccc2)nn1C. The molecule has 2 aliphatic rings. The van der Waals surface area contributed by atoms with Crippen molar-refractivity contribution in [1.82, 2.24) is 19.6 Å². The zero-order valence-electron chi connectivity index (χ0n) is 15.8. The fourth-order valence-electron chi connectivity index (χ4n) is 4.37. The number of amides is 1. The van der Waals surface area contributed by atoms with Gasteiger partial charge in [-0.2, -0.15) is 5.10 Å². The second-order valence-electron chi connectivity index (χ2n) is 7.64. The van der Waals surface area contributed by atoms with E-state index in [4.69, 9.17) is 5.10 Å². The summed E-state index contributed by atoms with van der Waals surface area (Å²) in [7, 11) is 1.99. The summed E-state index contributed by atoms with van der Waals surface area (Å²) in [6.07, 6.45) is 4.91. The third-order valence-corrected chi connectivity index (χ3v) is 5.99. The monoisotopic (exact) mass is 352 g/mol. The largest absolute Gasteiger partial charge is 0.337 e. The second kappa shape index (κ2) is 7.23. The van der Waals surface area contributed by atoms with E-state index in [-0.39, 0.29) is 0 Å². The van der Waals surface area contributed by atoms with Gasteiger partial charge in [-0.1, -0.05) is 43.2 Å². The number of nitrogens with zero attached hydrogens (tertiary/aromatic N) is 4. The van der Waals surface area contributed by atoms with Crippen LogP contribution >= 0.6 is 0 Å². The molecule has 0 spiro atoms. The number of piperazine rings is 1. The molecular weight excluding hydrogens is 324 g/mol. The van der Waals surface area contributed by atoms with Crippen molar-refractivity contribution in [1.29, 1.82) is 0 Å². The minimum absolute atomic E-state index is 0.297. The Morgan fingerprint density at radius 1 is 1.12 bits per heavy atom. The van der Waals surface area contributed by atoms with Crippen LogP contribution in [0, 0.1) is 6.92 Å². The molecule has 2 aromatic rings. The first-order valence-electron chi connectivity index (χ1n) is 9.73. The van der Waals surface area contributed by atoms with Gasteiger partial charge >= 0.3 is 0 Å². The molecule has 1 aliphatic heterocycles. The lowest BCUT2D eigenvalue weighted by molar-refractivity contribution is -0.138. The summed E-state index contributed by atoms with van der Waals surface area (Å²) >= 11 is 0. The average Bonchev–Trinajstić information content (AvgIpc) is 3.27. The lowest BCUT2D eigenvalue weighted by Crippen LogP contribution is -2.53. The molecule has 5 nitrogen and oxygen atoms in total. The highest BCUT2D eigenvalue weighted by molar-refractivity contribution is 5.79. The molecule has 5 heteroatoms. The number of hydrogen-bond donors (Lipinski definition) is 0. The Morgan fingerprint density at radius 2 is 1.85 bits per heavy atom. The average molecular weight is 352 g/mol. The van der Waals surface area contributed by atoms with E-state index in [1.54, 1.807) is 0 Å². The molecule has 2 heterocycles. The number of aromatic nitrogens is 2. The standard InChI is InChI=1S/C21H28N4O/c1-16-19(21(22-23(16)2)17-8-4-3-5-9-17)14-24-12-13-25(20(26)15-24)18-10-6-7-11-18/h3-5,8-9,18H,6-7,10-15H2,1-2H3. The smallest absolute Gasteiger partial charge is 0.237 e. The lowest BCUT2D eigenvalue weighted by atomic mass is 10.0. The Bertz CT molecular complexity index is 777. The zero-order chi connectivity index (χ0) is 18.1. The Labute approximate surface area is 155 Å². The highest BCUT2D eigenvalue weighted by atomic mass is 16.2. The summed E-state index contributed by atoms with van der Waals surface area (Å²) in [5.41, 5.74) is 4.59. The molecule has 0 N–H and O–H groups in total. The second-order valence-corrected chi connectivity index (χ2v) is 7.64. The topological polar surface area (TPSA) is 41.4 Å². The van der Waals surface area contributed by atoms with Crippen molar-refractivity contribution in [2.45, 2.75) is 45.2 Å². The molecule has 26 heavy (non-hydrogen) atoms. The van der Waals surface area contributed by atoms with E-state index in [9.17, 15) is 4.79 Å². The number of carbonyl (C=O) groups excluding carboxylic acids is 1. The number of aryl methyl sites for hydroxylation is 1. The van der Waals surface area contributed by atoms with E-state index in [0.29, 0.717) is 18.5 Å². The first-order valence-corrected chi connectivity index (χ1v) is 9.73. The van der Waals surface area contributed by atoms with Gasteiger partial charge < -0.3 is 4.90 Å². The predicted molar refractivity (Wildman–Crippen MR) is 103 cm³/mol. The quantitative estimate of drug-likeness (QED) is 0.849. The van der Waals surface area contributed by atoms with Gasteiger partial charge in [0.05, 0.1) is 12.2 Å². The van der Waals surface area contributed by atoms with Gasteiger partial charge in [0.15, 0.2) is 0 Å². The maximum atomic E-state index is 12.7. The minimum Gasteiger partial charge on any atom is -0.337 e. The first kappa shape index (κ1) is 17.3. The van der Waals surface area contributed by atoms with Crippen molar-refractivity contribution >= 4 is 5.91 Å². The molecule has 0 atom stereocenters. The van der Waals surface area contributed by atoms with Gasteiger partial charge in [-0.15, -0.1) is 0 Å². The van der Waals surface area contributed by atoms with Gasteiger partial charge in [0.25, 0.3) is 0 Å². The van der Waals surface area contributed by atoms with Crippen LogP contribution in [0.2, 0.25) is 0 Å². The minimum atomic E-state index is 0.297. The fraction of sp³-hybridized carbons (Fsp3) is 0.524. The normalized spacial score (nSPS) is 19.5. The molecule has 1 aromatic heterocycles. The first-order chi connectivity index (χ1) is 12.6. The van der Waals surface area contributed by atoms with Crippen molar-refractivity contribution in [3.05, 3.63) is 41.6 Å². The molecule has 0 radical (unpaired) electrons. The maximum absolute atomic E-state index is 12.7. The molecule has 1 amide bonds. The van der Waals surface area contributed by atoms with Crippen molar-refractivity contribution < 1.29 is 4.79 Å². The van der Waals surface area contributed by atoms with Gasteiger partial charge in [0.1, 0.15) is 0 Å². The van der Waals surface area contributed by atoms with E-state index in [1.165, 1.54) is 36.9 Å². The van der Waals surface area contributed by atoms with Crippen LogP contribution < -0.4 is 0 Å². The van der Waals surface area contributed by atoms with Crippen LogP contribution in [-0.4, -0.2) is 51.2 Å². The molecule has 1 aliphatic carbocycles. The lowest BCUT2D eigenvalue weighted by Gasteiger charge is -2.37. The van der Waals surface area contributed by atoms with Gasteiger partial charge in [-0.3, -0.25) is 14.4 Å². The molecule has 1 aromatic carbocycles. The van der Waals surface area contributed by atoms with Gasteiger partial charge in [-0.05, 0) is 19.8 Å². The highest BCUT2D eigenvalue weighted by Gasteiger charge is 2.31. The summed E-state index contributed by atoms with van der Waals surface area (Å²) in [4.78, 5) is 17.1. The van der Waals surface area contributed by atoms with Crippen LogP contribution in [0.25, 0.3) is 11.3 Å². The van der Waals surface area contributed by atoms with E-state index in [1.807, 2.05) is 29.9 Å². The van der Waals surface area contributed by atoms with Crippen molar-refractivity contribution in [2.75, 3.05) is 19.6 Å². The van der Waals surface area contributed by atoms with Crippen LogP contribution in [0.5, 0.6) is 0 Å². The summed E-state index contributed by atoms with van der Waals surface area (Å²) in [5.74, 6) is 0.297. The summed E-state index contributed by atoms with van der Waals surface area (Å²) in [6, 6.07) is 10.8. The van der Waals surface area contributed by atoms with Crippen molar-refractivity contribution in [3.8, 4) is 11.3 Å². The predicted octanol–water partition coefficient (Wildman–Crippen LogP) is 2.98. The number of benzene rings is 1. The summed E-state index contributed by atoms with van der Waals surface area (Å²) in [5, 5.41) is 4.74. The Kier molecular flexibility index (Phi) is 4.81. The summed E-state index contributed by atoms with van der Waals surface area (Å²) in [6.45, 7) is 5.24. The Balaban J connectivity index is 1.51. The third kappa shape index (κ3) is 3.28. The third-order valence-electron chi connectivity index (χ3n) is 5.99. The number of carbonyl (C=O) groups is 1. The Morgan fingerprint density at radius 3 is 2.54 bits per heavy atom. The molecule has 4 rings (SSSR count). The summed E-state index contributed by atoms with van der Waals surface area (Å²) < 4.78 is 1.95. The molecule has 2 fully saturated rings. The van der Waals surface area contributed by atoms with Crippen molar-refractivity contribution in [3.63, 3.8) is 0 Å². The van der Waals surface area contributed by atoms with Crippen LogP contribution in [0.3, 0.4) is 0 Å². The van der Waals surface area contributed by atoms with Gasteiger partial charge in [0, 0.05) is 49.5 Å². The number of hydrogen-bond acceptors (Lipinski definition) is 3. The van der Waals surface area contributed by atoms with Crippen LogP contribution in [0.1, 0.15) is 36.9 Å². The van der Waals surface area contributed by atoms with Crippen LogP contribution in [-0.2, 0) is 18.4 Å². The molecule has 1 saturated heterocycles. The van der Waals surface area contributed by atoms with Crippen molar-refractivity contribution in [2.24, 2.45) is 7.05 Å². The zero-order valence-corrected chi connectivity index (χ0v) is 15.8. The van der Waals surface area contributed by atoms with E-state index in [0.717, 1.165) is 30.9 Å². The van der Waals surface area contributed by atoms with E-state index in [2.05, 4.69) is 28.9 Å². The molecule has 0 bridgehead atoms. The molecular formula is C21H28N4O.